The minimum atomic E-state index is 0. The molecule has 1 aromatic carbocycles. The highest BCUT2D eigenvalue weighted by Crippen LogP contribution is 2.23. The highest BCUT2D eigenvalue weighted by Gasteiger charge is 2.05. The molecule has 0 spiro atoms. The van der Waals surface area contributed by atoms with Crippen LogP contribution in [0.25, 0.3) is 11.3 Å². The molecule has 21 heavy (non-hydrogen) atoms. The summed E-state index contributed by atoms with van der Waals surface area (Å²) in [5, 5.41) is 3.28. The minimum absolute atomic E-state index is 0. The summed E-state index contributed by atoms with van der Waals surface area (Å²) in [5.74, 6) is 2.71. The summed E-state index contributed by atoms with van der Waals surface area (Å²) in [6, 6.07) is 15.9. The Balaban J connectivity index is 0.00000161. The van der Waals surface area contributed by atoms with E-state index >= 15 is 0 Å². The molecule has 0 aliphatic rings. The van der Waals surface area contributed by atoms with E-state index in [0.29, 0.717) is 13.1 Å². The SMILES string of the molecule is Brc1ccc(-c2ccc(CNCc3ccco3)o2)cc1.[Cl-]. The molecule has 0 amide bonds. The summed E-state index contributed by atoms with van der Waals surface area (Å²) in [6.07, 6.45) is 1.68. The van der Waals surface area contributed by atoms with Gasteiger partial charge in [-0.05, 0) is 36.4 Å². The molecule has 0 bridgehead atoms. The van der Waals surface area contributed by atoms with Crippen molar-refractivity contribution in [2.75, 3.05) is 0 Å². The van der Waals surface area contributed by atoms with Crippen LogP contribution < -0.4 is 17.7 Å². The van der Waals surface area contributed by atoms with Gasteiger partial charge in [0.15, 0.2) is 0 Å². The Labute approximate surface area is 137 Å². The molecule has 2 heterocycles. The average molecular weight is 368 g/mol. The van der Waals surface area contributed by atoms with Crippen LogP contribution in [0.15, 0.2) is 68.1 Å². The smallest absolute Gasteiger partial charge is 0.134 e. The van der Waals surface area contributed by atoms with Crippen molar-refractivity contribution >= 4 is 15.9 Å². The maximum absolute atomic E-state index is 5.82. The van der Waals surface area contributed by atoms with Crippen LogP contribution in [0.1, 0.15) is 11.5 Å². The molecule has 3 aromatic rings. The van der Waals surface area contributed by atoms with Gasteiger partial charge < -0.3 is 26.6 Å². The molecule has 0 radical (unpaired) electrons. The second-order valence-corrected chi connectivity index (χ2v) is 5.37. The number of nitrogens with one attached hydrogen (secondary N) is 1. The third-order valence-corrected chi connectivity index (χ3v) is 3.50. The van der Waals surface area contributed by atoms with E-state index in [9.17, 15) is 0 Å². The first-order chi connectivity index (χ1) is 9.81. The maximum Gasteiger partial charge on any atom is 0.134 e. The Bertz CT molecular complexity index is 662. The highest BCUT2D eigenvalue weighted by atomic mass is 79.9. The van der Waals surface area contributed by atoms with Crippen LogP contribution in [0, 0.1) is 0 Å². The number of halogens is 2. The van der Waals surface area contributed by atoms with E-state index in [1.165, 1.54) is 0 Å². The lowest BCUT2D eigenvalue weighted by molar-refractivity contribution is -0.00000499. The molecule has 5 heteroatoms. The molecule has 0 aliphatic heterocycles. The fraction of sp³-hybridized carbons (Fsp3) is 0.125. The van der Waals surface area contributed by atoms with E-state index in [4.69, 9.17) is 8.83 Å². The van der Waals surface area contributed by atoms with E-state index < -0.39 is 0 Å². The topological polar surface area (TPSA) is 38.3 Å². The Kier molecular flexibility index (Phi) is 5.67. The van der Waals surface area contributed by atoms with Gasteiger partial charge >= 0.3 is 0 Å². The van der Waals surface area contributed by atoms with Gasteiger partial charge in [0.25, 0.3) is 0 Å². The number of hydrogen-bond acceptors (Lipinski definition) is 3. The van der Waals surface area contributed by atoms with Gasteiger partial charge in [0.05, 0.1) is 19.4 Å². The van der Waals surface area contributed by atoms with Crippen molar-refractivity contribution in [2.24, 2.45) is 0 Å². The van der Waals surface area contributed by atoms with Crippen molar-refractivity contribution in [1.29, 1.82) is 0 Å². The van der Waals surface area contributed by atoms with Crippen molar-refractivity contribution in [3.05, 3.63) is 70.8 Å². The lowest BCUT2D eigenvalue weighted by atomic mass is 10.2. The number of furan rings is 2. The quantitative estimate of drug-likeness (QED) is 0.744. The van der Waals surface area contributed by atoms with E-state index in [2.05, 4.69) is 21.2 Å². The predicted molar refractivity (Wildman–Crippen MR) is 81.1 cm³/mol. The van der Waals surface area contributed by atoms with Gasteiger partial charge in [-0.1, -0.05) is 28.1 Å². The zero-order valence-corrected chi connectivity index (χ0v) is 13.5. The second kappa shape index (κ2) is 7.50. The van der Waals surface area contributed by atoms with Crippen molar-refractivity contribution in [3.8, 4) is 11.3 Å². The Hall–Kier alpha value is -1.49. The lowest BCUT2D eigenvalue weighted by Gasteiger charge is -2.00. The molecule has 2 aromatic heterocycles. The van der Waals surface area contributed by atoms with Crippen LogP contribution in [0.2, 0.25) is 0 Å². The van der Waals surface area contributed by atoms with Crippen LogP contribution >= 0.6 is 15.9 Å². The van der Waals surface area contributed by atoms with Crippen molar-refractivity contribution < 1.29 is 21.2 Å². The molecular formula is C16H14BrClNO2-. The summed E-state index contributed by atoms with van der Waals surface area (Å²) in [6.45, 7) is 1.37. The largest absolute Gasteiger partial charge is 1.00 e. The number of benzene rings is 1. The van der Waals surface area contributed by atoms with Gasteiger partial charge in [0, 0.05) is 10.0 Å². The molecule has 0 saturated heterocycles. The molecule has 3 rings (SSSR count). The van der Waals surface area contributed by atoms with Crippen LogP contribution in [0.4, 0.5) is 0 Å². The third-order valence-electron chi connectivity index (χ3n) is 2.97. The first-order valence-electron chi connectivity index (χ1n) is 6.39. The summed E-state index contributed by atoms with van der Waals surface area (Å²) < 4.78 is 12.1. The molecule has 0 saturated carbocycles. The molecule has 1 N–H and O–H groups in total. The van der Waals surface area contributed by atoms with Crippen LogP contribution in [-0.4, -0.2) is 0 Å². The standard InChI is InChI=1S/C16H14BrNO2.ClH/c17-13-5-3-12(4-6-13)16-8-7-15(20-16)11-18-10-14-2-1-9-19-14;/h1-9,18H,10-11H2;1H/p-1. The molecule has 0 unspecified atom stereocenters. The molecule has 0 fully saturated rings. The highest BCUT2D eigenvalue weighted by molar-refractivity contribution is 9.10. The fourth-order valence-corrected chi connectivity index (χ4v) is 2.23. The molecule has 3 nitrogen and oxygen atoms in total. The summed E-state index contributed by atoms with van der Waals surface area (Å²) in [7, 11) is 0. The minimum Gasteiger partial charge on any atom is -1.00 e. The predicted octanol–water partition coefficient (Wildman–Crippen LogP) is 1.60. The van der Waals surface area contributed by atoms with Gasteiger partial charge in [-0.25, -0.2) is 0 Å². The zero-order chi connectivity index (χ0) is 13.8. The third kappa shape index (κ3) is 4.24. The molecule has 110 valence electrons. The molecule has 0 atom stereocenters. The van der Waals surface area contributed by atoms with Crippen LogP contribution in [0.3, 0.4) is 0 Å². The van der Waals surface area contributed by atoms with Gasteiger partial charge in [-0.3, -0.25) is 0 Å². The number of hydrogen-bond donors (Lipinski definition) is 1. The Morgan fingerprint density at radius 3 is 2.38 bits per heavy atom. The second-order valence-electron chi connectivity index (χ2n) is 4.46. The zero-order valence-electron chi connectivity index (χ0n) is 11.2. The monoisotopic (exact) mass is 366 g/mol. The normalized spacial score (nSPS) is 10.3. The van der Waals surface area contributed by atoms with Crippen LogP contribution in [0.5, 0.6) is 0 Å². The summed E-state index contributed by atoms with van der Waals surface area (Å²) in [4.78, 5) is 0. The van der Waals surface area contributed by atoms with Gasteiger partial charge in [0.1, 0.15) is 17.3 Å². The van der Waals surface area contributed by atoms with Gasteiger partial charge in [-0.2, -0.15) is 0 Å². The van der Waals surface area contributed by atoms with E-state index in [-0.39, 0.29) is 12.4 Å². The first-order valence-corrected chi connectivity index (χ1v) is 7.18. The van der Waals surface area contributed by atoms with Crippen molar-refractivity contribution in [2.45, 2.75) is 13.1 Å². The average Bonchev–Trinajstić information content (AvgIpc) is 3.11. The fourth-order valence-electron chi connectivity index (χ4n) is 1.96. The van der Waals surface area contributed by atoms with Gasteiger partial charge in [0.2, 0.25) is 0 Å². The lowest BCUT2D eigenvalue weighted by Crippen LogP contribution is -3.00. The first kappa shape index (κ1) is 15.9. The van der Waals surface area contributed by atoms with Crippen molar-refractivity contribution in [1.82, 2.24) is 5.32 Å². The molecular weight excluding hydrogens is 354 g/mol. The molecule has 0 aliphatic carbocycles. The summed E-state index contributed by atoms with van der Waals surface area (Å²) in [5.41, 5.74) is 1.07. The van der Waals surface area contributed by atoms with Crippen molar-refractivity contribution in [3.63, 3.8) is 0 Å². The van der Waals surface area contributed by atoms with E-state index in [1.54, 1.807) is 6.26 Å². The van der Waals surface area contributed by atoms with Crippen LogP contribution in [-0.2, 0) is 13.1 Å². The van der Waals surface area contributed by atoms with E-state index in [1.807, 2.05) is 48.5 Å². The summed E-state index contributed by atoms with van der Waals surface area (Å²) >= 11 is 3.43. The van der Waals surface area contributed by atoms with E-state index in [0.717, 1.165) is 27.3 Å². The maximum atomic E-state index is 5.82. The Morgan fingerprint density at radius 2 is 1.67 bits per heavy atom. The van der Waals surface area contributed by atoms with Gasteiger partial charge in [-0.15, -0.1) is 0 Å². The number of rotatable bonds is 5. The Morgan fingerprint density at radius 1 is 0.905 bits per heavy atom.